The molecule has 0 saturated carbocycles. The molecule has 0 aliphatic heterocycles. The third-order valence-corrected chi connectivity index (χ3v) is 4.19. The minimum absolute atomic E-state index is 0.0586. The number of halogens is 3. The first-order valence-electron chi connectivity index (χ1n) is 7.57. The number of benzene rings is 1. The van der Waals surface area contributed by atoms with Crippen molar-refractivity contribution in [3.8, 4) is 0 Å². The molecule has 0 radical (unpaired) electrons. The average molecular weight is 368 g/mol. The summed E-state index contributed by atoms with van der Waals surface area (Å²) in [6.07, 6.45) is -4.55. The van der Waals surface area contributed by atoms with Crippen molar-refractivity contribution in [1.82, 2.24) is 18.7 Å². The van der Waals surface area contributed by atoms with Crippen LogP contribution in [0.25, 0.3) is 11.2 Å². The molecule has 2 aromatic heterocycles. The van der Waals surface area contributed by atoms with Gasteiger partial charge in [0.25, 0.3) is 5.56 Å². The second kappa shape index (κ2) is 6.13. The second-order valence-electron chi connectivity index (χ2n) is 5.91. The molecular formula is C16H15F3N4O3. The summed E-state index contributed by atoms with van der Waals surface area (Å²) in [5.41, 5.74) is -1.75. The first kappa shape index (κ1) is 17.9. The van der Waals surface area contributed by atoms with Gasteiger partial charge in [-0.1, -0.05) is 12.1 Å². The number of aryl methyl sites for hydroxylation is 1. The predicted octanol–water partition coefficient (Wildman–Crippen LogP) is 1.19. The van der Waals surface area contributed by atoms with Crippen LogP contribution < -0.4 is 11.2 Å². The Morgan fingerprint density at radius 2 is 1.88 bits per heavy atom. The lowest BCUT2D eigenvalue weighted by atomic mass is 10.1. The predicted molar refractivity (Wildman–Crippen MR) is 86.6 cm³/mol. The standard InChI is InChI=1S/C16H15F3N4O3/c1-21-13-12(14(25)22(2)15(21)26)23(8-20-13)7-11(24)9-4-3-5-10(6-9)16(17,18)19/h3-6,8,11,24H,7H2,1-2H3. The van der Waals surface area contributed by atoms with Gasteiger partial charge >= 0.3 is 11.9 Å². The van der Waals surface area contributed by atoms with E-state index in [1.54, 1.807) is 0 Å². The topological polar surface area (TPSA) is 82.0 Å². The molecule has 3 aromatic rings. The summed E-state index contributed by atoms with van der Waals surface area (Å²) >= 11 is 0. The Kier molecular flexibility index (Phi) is 4.23. The smallest absolute Gasteiger partial charge is 0.387 e. The molecule has 10 heteroatoms. The molecule has 3 rings (SSSR count). The summed E-state index contributed by atoms with van der Waals surface area (Å²) < 4.78 is 41.9. The van der Waals surface area contributed by atoms with Crippen molar-refractivity contribution in [2.45, 2.75) is 18.8 Å². The molecule has 0 amide bonds. The fourth-order valence-corrected chi connectivity index (χ4v) is 2.75. The lowest BCUT2D eigenvalue weighted by molar-refractivity contribution is -0.137. The third kappa shape index (κ3) is 2.92. The number of imidazole rings is 1. The maximum atomic E-state index is 12.8. The Morgan fingerprint density at radius 1 is 1.19 bits per heavy atom. The Labute approximate surface area is 144 Å². The molecule has 7 nitrogen and oxygen atoms in total. The molecular weight excluding hydrogens is 353 g/mol. The van der Waals surface area contributed by atoms with Crippen LogP contribution >= 0.6 is 0 Å². The quantitative estimate of drug-likeness (QED) is 0.753. The van der Waals surface area contributed by atoms with Crippen LogP contribution in [-0.2, 0) is 26.8 Å². The van der Waals surface area contributed by atoms with E-state index in [0.29, 0.717) is 0 Å². The normalized spacial score (nSPS) is 13.3. The van der Waals surface area contributed by atoms with E-state index in [2.05, 4.69) is 4.98 Å². The Hall–Kier alpha value is -2.88. The number of rotatable bonds is 3. The lowest BCUT2D eigenvalue weighted by Crippen LogP contribution is -2.37. The minimum Gasteiger partial charge on any atom is -0.387 e. The van der Waals surface area contributed by atoms with Gasteiger partial charge in [0.1, 0.15) is 0 Å². The van der Waals surface area contributed by atoms with Gasteiger partial charge < -0.3 is 9.67 Å². The maximum Gasteiger partial charge on any atom is 0.416 e. The Morgan fingerprint density at radius 3 is 2.54 bits per heavy atom. The monoisotopic (exact) mass is 368 g/mol. The first-order valence-corrected chi connectivity index (χ1v) is 7.57. The van der Waals surface area contributed by atoms with Crippen molar-refractivity contribution in [3.05, 3.63) is 62.6 Å². The van der Waals surface area contributed by atoms with Crippen LogP contribution in [-0.4, -0.2) is 23.8 Å². The summed E-state index contributed by atoms with van der Waals surface area (Å²) in [6.45, 7) is -0.189. The molecule has 2 heterocycles. The van der Waals surface area contributed by atoms with Crippen molar-refractivity contribution in [2.24, 2.45) is 14.1 Å². The van der Waals surface area contributed by atoms with Gasteiger partial charge in [0.2, 0.25) is 0 Å². The molecule has 0 aliphatic rings. The number of hydrogen-bond donors (Lipinski definition) is 1. The highest BCUT2D eigenvalue weighted by Crippen LogP contribution is 2.31. The van der Waals surface area contributed by atoms with Gasteiger partial charge in [0.15, 0.2) is 11.2 Å². The Bertz CT molecular complexity index is 1090. The molecule has 1 unspecified atom stereocenters. The van der Waals surface area contributed by atoms with Crippen LogP contribution in [0.15, 0.2) is 40.2 Å². The largest absolute Gasteiger partial charge is 0.416 e. The van der Waals surface area contributed by atoms with Gasteiger partial charge in [-0.2, -0.15) is 13.2 Å². The van der Waals surface area contributed by atoms with E-state index in [4.69, 9.17) is 0 Å². The van der Waals surface area contributed by atoms with Gasteiger partial charge in [-0.15, -0.1) is 0 Å². The zero-order valence-electron chi connectivity index (χ0n) is 13.9. The zero-order valence-corrected chi connectivity index (χ0v) is 13.9. The van der Waals surface area contributed by atoms with E-state index in [9.17, 15) is 27.9 Å². The molecule has 138 valence electrons. The van der Waals surface area contributed by atoms with Crippen LogP contribution in [0.5, 0.6) is 0 Å². The van der Waals surface area contributed by atoms with Gasteiger partial charge in [0, 0.05) is 14.1 Å². The van der Waals surface area contributed by atoms with Gasteiger partial charge in [-0.25, -0.2) is 9.78 Å². The summed E-state index contributed by atoms with van der Waals surface area (Å²) in [4.78, 5) is 28.3. The molecule has 0 fully saturated rings. The van der Waals surface area contributed by atoms with Crippen molar-refractivity contribution in [3.63, 3.8) is 0 Å². The van der Waals surface area contributed by atoms with E-state index in [1.807, 2.05) is 0 Å². The molecule has 26 heavy (non-hydrogen) atoms. The van der Waals surface area contributed by atoms with E-state index >= 15 is 0 Å². The summed E-state index contributed by atoms with van der Waals surface area (Å²) in [5.74, 6) is 0. The van der Waals surface area contributed by atoms with E-state index in [0.717, 1.165) is 16.7 Å². The summed E-state index contributed by atoms with van der Waals surface area (Å²) in [7, 11) is 2.76. The number of alkyl halides is 3. The zero-order chi connectivity index (χ0) is 19.2. The SMILES string of the molecule is Cn1c(=O)c2c(ncn2CC(O)c2cccc(C(F)(F)F)c2)n(C)c1=O. The Balaban J connectivity index is 2.03. The molecule has 1 aromatic carbocycles. The molecule has 1 N–H and O–H groups in total. The lowest BCUT2D eigenvalue weighted by Gasteiger charge is -2.15. The number of aliphatic hydroxyl groups is 1. The van der Waals surface area contributed by atoms with Gasteiger partial charge in [-0.3, -0.25) is 13.9 Å². The molecule has 0 spiro atoms. The van der Waals surface area contributed by atoms with Crippen LogP contribution in [0.4, 0.5) is 13.2 Å². The molecule has 1 atom stereocenters. The number of hydrogen-bond acceptors (Lipinski definition) is 4. The fourth-order valence-electron chi connectivity index (χ4n) is 2.75. The average Bonchev–Trinajstić information content (AvgIpc) is 3.01. The highest BCUT2D eigenvalue weighted by Gasteiger charge is 2.31. The second-order valence-corrected chi connectivity index (χ2v) is 5.91. The fraction of sp³-hybridized carbons (Fsp3) is 0.312. The van der Waals surface area contributed by atoms with Gasteiger partial charge in [-0.05, 0) is 17.7 Å². The van der Waals surface area contributed by atoms with Gasteiger partial charge in [0.05, 0.1) is 24.5 Å². The van der Waals surface area contributed by atoms with E-state index in [1.165, 1.54) is 41.7 Å². The number of aromatic nitrogens is 4. The van der Waals surface area contributed by atoms with Crippen LogP contribution in [0.1, 0.15) is 17.2 Å². The first-order chi connectivity index (χ1) is 12.1. The van der Waals surface area contributed by atoms with Crippen LogP contribution in [0.2, 0.25) is 0 Å². The summed E-state index contributed by atoms with van der Waals surface area (Å²) in [6, 6.07) is 4.34. The maximum absolute atomic E-state index is 12.8. The molecule has 0 aliphatic carbocycles. The minimum atomic E-state index is -4.52. The third-order valence-electron chi connectivity index (χ3n) is 4.19. The number of nitrogens with zero attached hydrogens (tertiary/aromatic N) is 4. The number of aliphatic hydroxyl groups excluding tert-OH is 1. The highest BCUT2D eigenvalue weighted by atomic mass is 19.4. The van der Waals surface area contributed by atoms with Crippen LogP contribution in [0, 0.1) is 0 Å². The molecule has 0 bridgehead atoms. The van der Waals surface area contributed by atoms with Crippen molar-refractivity contribution in [2.75, 3.05) is 0 Å². The summed E-state index contributed by atoms with van der Waals surface area (Å²) in [5, 5.41) is 10.3. The van der Waals surface area contributed by atoms with E-state index in [-0.39, 0.29) is 23.3 Å². The number of fused-ring (bicyclic) bond motifs is 1. The molecule has 0 saturated heterocycles. The highest BCUT2D eigenvalue weighted by molar-refractivity contribution is 5.69. The van der Waals surface area contributed by atoms with Crippen molar-refractivity contribution >= 4 is 11.2 Å². The van der Waals surface area contributed by atoms with Crippen LogP contribution in [0.3, 0.4) is 0 Å². The van der Waals surface area contributed by atoms with E-state index < -0.39 is 29.1 Å². The van der Waals surface area contributed by atoms with Crippen molar-refractivity contribution < 1.29 is 18.3 Å². The van der Waals surface area contributed by atoms with Crippen molar-refractivity contribution in [1.29, 1.82) is 0 Å².